The lowest BCUT2D eigenvalue weighted by atomic mass is 10.1. The summed E-state index contributed by atoms with van der Waals surface area (Å²) in [6, 6.07) is 3.62. The van der Waals surface area contributed by atoms with Crippen molar-refractivity contribution >= 4 is 23.2 Å². The second-order valence-corrected chi connectivity index (χ2v) is 4.44. The van der Waals surface area contributed by atoms with Crippen molar-refractivity contribution in [1.82, 2.24) is 5.32 Å². The molecular weight excluding hydrogens is 249 g/mol. The third-order valence-electron chi connectivity index (χ3n) is 2.54. The molecule has 0 radical (unpaired) electrons. The fraction of sp³-hybridized carbons (Fsp3) is 0.455. The van der Waals surface area contributed by atoms with Gasteiger partial charge in [-0.05, 0) is 12.1 Å². The van der Waals surface area contributed by atoms with E-state index in [0.29, 0.717) is 22.4 Å². The number of benzene rings is 1. The van der Waals surface area contributed by atoms with Crippen LogP contribution in [-0.4, -0.2) is 26.9 Å². The lowest BCUT2D eigenvalue weighted by Gasteiger charge is -2.26. The maximum absolute atomic E-state index is 6.08. The number of hydrogen-bond acceptors (Lipinski definition) is 3. The van der Waals surface area contributed by atoms with E-state index in [-0.39, 0.29) is 6.04 Å². The highest BCUT2D eigenvalue weighted by molar-refractivity contribution is 6.35. The molecule has 2 rings (SSSR count). The first-order valence-electron chi connectivity index (χ1n) is 5.06. The van der Waals surface area contributed by atoms with Gasteiger partial charge in [0.2, 0.25) is 0 Å². The summed E-state index contributed by atoms with van der Waals surface area (Å²) >= 11 is 12.1. The van der Waals surface area contributed by atoms with E-state index in [1.807, 2.05) is 6.07 Å². The number of morpholine rings is 1. The normalized spacial score (nSPS) is 20.8. The molecule has 5 heteroatoms. The summed E-state index contributed by atoms with van der Waals surface area (Å²) in [5.74, 6) is 0.661. The number of rotatable bonds is 2. The summed E-state index contributed by atoms with van der Waals surface area (Å²) < 4.78 is 10.7. The van der Waals surface area contributed by atoms with Gasteiger partial charge in [0.25, 0.3) is 0 Å². The summed E-state index contributed by atoms with van der Waals surface area (Å²) in [5.41, 5.74) is 0.944. The molecule has 1 aromatic carbocycles. The Morgan fingerprint density at radius 1 is 1.44 bits per heavy atom. The van der Waals surface area contributed by atoms with Gasteiger partial charge < -0.3 is 14.8 Å². The zero-order chi connectivity index (χ0) is 11.5. The van der Waals surface area contributed by atoms with Gasteiger partial charge in [0.1, 0.15) is 5.75 Å². The van der Waals surface area contributed by atoms with E-state index in [2.05, 4.69) is 5.32 Å². The molecule has 1 saturated heterocycles. The first-order valence-corrected chi connectivity index (χ1v) is 5.82. The molecule has 1 aliphatic rings. The van der Waals surface area contributed by atoms with Gasteiger partial charge in [-0.1, -0.05) is 23.2 Å². The fourth-order valence-corrected chi connectivity index (χ4v) is 2.41. The highest BCUT2D eigenvalue weighted by Gasteiger charge is 2.21. The number of nitrogens with one attached hydrogen (secondary N) is 1. The molecule has 1 aliphatic heterocycles. The monoisotopic (exact) mass is 261 g/mol. The van der Waals surface area contributed by atoms with Crippen LogP contribution in [0.4, 0.5) is 0 Å². The van der Waals surface area contributed by atoms with E-state index in [9.17, 15) is 0 Å². The van der Waals surface area contributed by atoms with Crippen LogP contribution in [0.2, 0.25) is 10.0 Å². The fourth-order valence-electron chi connectivity index (χ4n) is 1.82. The molecule has 1 unspecified atom stereocenters. The highest BCUT2D eigenvalue weighted by Crippen LogP contribution is 2.36. The van der Waals surface area contributed by atoms with Crippen molar-refractivity contribution in [3.8, 4) is 5.75 Å². The standard InChI is InChI=1S/C11H13Cl2NO2/c1-15-11-8(4-7(12)5-9(11)13)10-6-16-3-2-14-10/h4-5,10,14H,2-3,6H2,1H3. The van der Waals surface area contributed by atoms with E-state index in [4.69, 9.17) is 32.7 Å². The molecule has 0 bridgehead atoms. The average Bonchev–Trinajstić information content (AvgIpc) is 2.29. The van der Waals surface area contributed by atoms with E-state index >= 15 is 0 Å². The predicted octanol–water partition coefficient (Wildman–Crippen LogP) is 2.66. The summed E-state index contributed by atoms with van der Waals surface area (Å²) in [7, 11) is 1.60. The molecule has 1 N–H and O–H groups in total. The Morgan fingerprint density at radius 2 is 2.25 bits per heavy atom. The van der Waals surface area contributed by atoms with E-state index < -0.39 is 0 Å². The highest BCUT2D eigenvalue weighted by atomic mass is 35.5. The number of ether oxygens (including phenoxy) is 2. The second-order valence-electron chi connectivity index (χ2n) is 3.59. The van der Waals surface area contributed by atoms with Crippen molar-refractivity contribution < 1.29 is 9.47 Å². The predicted molar refractivity (Wildman–Crippen MR) is 64.6 cm³/mol. The third kappa shape index (κ3) is 2.43. The summed E-state index contributed by atoms with van der Waals surface area (Å²) in [6.07, 6.45) is 0. The van der Waals surface area contributed by atoms with Crippen LogP contribution >= 0.6 is 23.2 Å². The molecule has 1 heterocycles. The quantitative estimate of drug-likeness (QED) is 0.888. The second kappa shape index (κ2) is 5.23. The number of hydrogen-bond donors (Lipinski definition) is 1. The van der Waals surface area contributed by atoms with Crippen LogP contribution in [0.1, 0.15) is 11.6 Å². The van der Waals surface area contributed by atoms with Crippen LogP contribution in [0.25, 0.3) is 0 Å². The maximum Gasteiger partial charge on any atom is 0.142 e. The Labute approximate surface area is 105 Å². The number of halogens is 2. The van der Waals surface area contributed by atoms with Gasteiger partial charge in [-0.15, -0.1) is 0 Å². The third-order valence-corrected chi connectivity index (χ3v) is 3.04. The summed E-state index contributed by atoms with van der Waals surface area (Å²) in [6.45, 7) is 2.15. The lowest BCUT2D eigenvalue weighted by Crippen LogP contribution is -2.34. The van der Waals surface area contributed by atoms with Crippen LogP contribution in [0.15, 0.2) is 12.1 Å². The van der Waals surface area contributed by atoms with E-state index in [0.717, 1.165) is 18.7 Å². The zero-order valence-corrected chi connectivity index (χ0v) is 10.4. The van der Waals surface area contributed by atoms with Crippen molar-refractivity contribution in [3.63, 3.8) is 0 Å². The van der Waals surface area contributed by atoms with Crippen molar-refractivity contribution in [2.75, 3.05) is 26.9 Å². The van der Waals surface area contributed by atoms with Gasteiger partial charge in [-0.3, -0.25) is 0 Å². The maximum atomic E-state index is 6.08. The minimum atomic E-state index is 0.0832. The van der Waals surface area contributed by atoms with Crippen molar-refractivity contribution in [2.45, 2.75) is 6.04 Å². The van der Waals surface area contributed by atoms with Crippen molar-refractivity contribution in [3.05, 3.63) is 27.7 Å². The van der Waals surface area contributed by atoms with E-state index in [1.54, 1.807) is 13.2 Å². The van der Waals surface area contributed by atoms with E-state index in [1.165, 1.54) is 0 Å². The molecule has 0 saturated carbocycles. The summed E-state index contributed by atoms with van der Waals surface area (Å²) in [5, 5.41) is 4.47. The van der Waals surface area contributed by atoms with Gasteiger partial charge in [-0.25, -0.2) is 0 Å². The first-order chi connectivity index (χ1) is 7.72. The largest absolute Gasteiger partial charge is 0.495 e. The minimum Gasteiger partial charge on any atom is -0.495 e. The van der Waals surface area contributed by atoms with Gasteiger partial charge in [0.05, 0.1) is 31.4 Å². The van der Waals surface area contributed by atoms with Crippen LogP contribution in [0.5, 0.6) is 5.75 Å². The molecule has 16 heavy (non-hydrogen) atoms. The van der Waals surface area contributed by atoms with Gasteiger partial charge in [0.15, 0.2) is 0 Å². The summed E-state index contributed by atoms with van der Waals surface area (Å²) in [4.78, 5) is 0. The van der Waals surface area contributed by atoms with Crippen LogP contribution in [-0.2, 0) is 4.74 Å². The Kier molecular flexibility index (Phi) is 3.92. The van der Waals surface area contributed by atoms with Crippen LogP contribution in [0, 0.1) is 0 Å². The molecule has 0 amide bonds. The average molecular weight is 262 g/mol. The van der Waals surface area contributed by atoms with Crippen molar-refractivity contribution in [2.24, 2.45) is 0 Å². The smallest absolute Gasteiger partial charge is 0.142 e. The minimum absolute atomic E-state index is 0.0832. The number of methoxy groups -OCH3 is 1. The molecule has 0 aromatic heterocycles. The van der Waals surface area contributed by atoms with Crippen LogP contribution in [0.3, 0.4) is 0 Å². The molecule has 0 aliphatic carbocycles. The Hall–Kier alpha value is -0.480. The zero-order valence-electron chi connectivity index (χ0n) is 8.93. The van der Waals surface area contributed by atoms with Gasteiger partial charge >= 0.3 is 0 Å². The van der Waals surface area contributed by atoms with Crippen molar-refractivity contribution in [1.29, 1.82) is 0 Å². The molecule has 1 atom stereocenters. The van der Waals surface area contributed by atoms with Gasteiger partial charge in [-0.2, -0.15) is 0 Å². The lowest BCUT2D eigenvalue weighted by molar-refractivity contribution is 0.0761. The van der Waals surface area contributed by atoms with Crippen LogP contribution < -0.4 is 10.1 Å². The SMILES string of the molecule is COc1c(Cl)cc(Cl)cc1C1COCCN1. The molecule has 3 nitrogen and oxygen atoms in total. The molecular formula is C11H13Cl2NO2. The Balaban J connectivity index is 2.36. The topological polar surface area (TPSA) is 30.5 Å². The molecule has 88 valence electrons. The molecule has 1 fully saturated rings. The van der Waals surface area contributed by atoms with Gasteiger partial charge in [0, 0.05) is 17.1 Å². The molecule has 0 spiro atoms. The first kappa shape index (κ1) is 12.0. The Bertz CT molecular complexity index is 378. The Morgan fingerprint density at radius 3 is 2.88 bits per heavy atom. The molecule has 1 aromatic rings.